The molecule has 1 fully saturated rings. The van der Waals surface area contributed by atoms with Crippen LogP contribution in [-0.4, -0.2) is 24.0 Å². The standard InChI is InChI=1S/C14H22N2O/c1-3-8-16(4-2)11-12-7-9-17-14(12)10-15-13-5-6-13/h3,7,9,13,15H,1,4-6,8,10-11H2,2H3. The Balaban J connectivity index is 1.89. The molecule has 1 heterocycles. The molecule has 1 aromatic rings. The van der Waals surface area contributed by atoms with Crippen LogP contribution in [0, 0.1) is 0 Å². The highest BCUT2D eigenvalue weighted by atomic mass is 16.3. The monoisotopic (exact) mass is 234 g/mol. The normalized spacial score (nSPS) is 15.4. The van der Waals surface area contributed by atoms with Crippen molar-refractivity contribution in [3.63, 3.8) is 0 Å². The zero-order chi connectivity index (χ0) is 12.1. The quantitative estimate of drug-likeness (QED) is 0.701. The fourth-order valence-electron chi connectivity index (χ4n) is 1.92. The van der Waals surface area contributed by atoms with Crippen LogP contribution in [0.3, 0.4) is 0 Å². The Morgan fingerprint density at radius 2 is 2.41 bits per heavy atom. The molecule has 94 valence electrons. The summed E-state index contributed by atoms with van der Waals surface area (Å²) in [6, 6.07) is 2.80. The molecule has 3 nitrogen and oxygen atoms in total. The maximum absolute atomic E-state index is 5.55. The molecule has 0 amide bonds. The molecule has 0 aliphatic heterocycles. The molecule has 1 aromatic heterocycles. The molecule has 0 unspecified atom stereocenters. The summed E-state index contributed by atoms with van der Waals surface area (Å²) in [4.78, 5) is 2.35. The molecule has 0 aromatic carbocycles. The van der Waals surface area contributed by atoms with Crippen LogP contribution >= 0.6 is 0 Å². The number of nitrogens with zero attached hydrogens (tertiary/aromatic N) is 1. The molecule has 1 aliphatic carbocycles. The van der Waals surface area contributed by atoms with E-state index < -0.39 is 0 Å². The minimum atomic E-state index is 0.725. The summed E-state index contributed by atoms with van der Waals surface area (Å²) in [5.74, 6) is 1.08. The van der Waals surface area contributed by atoms with Gasteiger partial charge in [-0.05, 0) is 25.5 Å². The molecule has 2 rings (SSSR count). The summed E-state index contributed by atoms with van der Waals surface area (Å²) < 4.78 is 5.55. The molecule has 3 heteroatoms. The van der Waals surface area contributed by atoms with Gasteiger partial charge in [-0.2, -0.15) is 0 Å². The lowest BCUT2D eigenvalue weighted by atomic mass is 10.2. The smallest absolute Gasteiger partial charge is 0.122 e. The Hall–Kier alpha value is -1.06. The van der Waals surface area contributed by atoms with Gasteiger partial charge in [0.1, 0.15) is 5.76 Å². The largest absolute Gasteiger partial charge is 0.468 e. The van der Waals surface area contributed by atoms with Gasteiger partial charge in [0.25, 0.3) is 0 Å². The van der Waals surface area contributed by atoms with E-state index in [9.17, 15) is 0 Å². The van der Waals surface area contributed by atoms with Crippen molar-refractivity contribution in [2.45, 2.75) is 38.9 Å². The van der Waals surface area contributed by atoms with Crippen molar-refractivity contribution < 1.29 is 4.42 Å². The van der Waals surface area contributed by atoms with Crippen LogP contribution in [0.5, 0.6) is 0 Å². The number of hydrogen-bond acceptors (Lipinski definition) is 3. The molecule has 1 saturated carbocycles. The highest BCUT2D eigenvalue weighted by Gasteiger charge is 2.21. The Labute approximate surface area is 103 Å². The second-order valence-corrected chi connectivity index (χ2v) is 4.64. The Kier molecular flexibility index (Phi) is 4.40. The van der Waals surface area contributed by atoms with Crippen molar-refractivity contribution >= 4 is 0 Å². The van der Waals surface area contributed by atoms with E-state index in [0.29, 0.717) is 0 Å². The average molecular weight is 234 g/mol. The molecular weight excluding hydrogens is 212 g/mol. The summed E-state index contributed by atoms with van der Waals surface area (Å²) in [5.41, 5.74) is 1.29. The van der Waals surface area contributed by atoms with Crippen molar-refractivity contribution in [3.05, 3.63) is 36.3 Å². The lowest BCUT2D eigenvalue weighted by Gasteiger charge is -2.18. The molecule has 17 heavy (non-hydrogen) atoms. The first-order valence-electron chi connectivity index (χ1n) is 6.45. The fraction of sp³-hybridized carbons (Fsp3) is 0.571. The number of nitrogens with one attached hydrogen (secondary N) is 1. The average Bonchev–Trinajstić information content (AvgIpc) is 3.07. The van der Waals surface area contributed by atoms with Gasteiger partial charge in [0.2, 0.25) is 0 Å². The lowest BCUT2D eigenvalue weighted by Crippen LogP contribution is -2.24. The summed E-state index contributed by atoms with van der Waals surface area (Å²) in [7, 11) is 0. The number of rotatable bonds is 8. The van der Waals surface area contributed by atoms with Crippen LogP contribution in [0.4, 0.5) is 0 Å². The Bertz CT molecular complexity index is 355. The van der Waals surface area contributed by atoms with E-state index in [2.05, 4.69) is 29.8 Å². The number of furan rings is 1. The van der Waals surface area contributed by atoms with Crippen LogP contribution in [0.1, 0.15) is 31.1 Å². The topological polar surface area (TPSA) is 28.4 Å². The van der Waals surface area contributed by atoms with Gasteiger partial charge in [-0.3, -0.25) is 4.90 Å². The molecule has 0 spiro atoms. The molecular formula is C14H22N2O. The first-order valence-corrected chi connectivity index (χ1v) is 6.45. The first-order chi connectivity index (χ1) is 8.33. The van der Waals surface area contributed by atoms with E-state index >= 15 is 0 Å². The van der Waals surface area contributed by atoms with Gasteiger partial charge in [0.05, 0.1) is 12.8 Å². The van der Waals surface area contributed by atoms with Gasteiger partial charge in [-0.1, -0.05) is 13.0 Å². The third-order valence-electron chi connectivity index (χ3n) is 3.19. The van der Waals surface area contributed by atoms with Gasteiger partial charge in [-0.15, -0.1) is 6.58 Å². The van der Waals surface area contributed by atoms with Gasteiger partial charge in [0, 0.05) is 24.7 Å². The second-order valence-electron chi connectivity index (χ2n) is 4.64. The van der Waals surface area contributed by atoms with E-state index in [1.165, 1.54) is 18.4 Å². The summed E-state index contributed by atoms with van der Waals surface area (Å²) in [5, 5.41) is 3.49. The highest BCUT2D eigenvalue weighted by Crippen LogP contribution is 2.20. The third kappa shape index (κ3) is 3.72. The highest BCUT2D eigenvalue weighted by molar-refractivity contribution is 5.17. The van der Waals surface area contributed by atoms with E-state index in [0.717, 1.165) is 38.0 Å². The maximum Gasteiger partial charge on any atom is 0.122 e. The Morgan fingerprint density at radius 3 is 3.06 bits per heavy atom. The van der Waals surface area contributed by atoms with Crippen molar-refractivity contribution in [1.29, 1.82) is 0 Å². The molecule has 0 bridgehead atoms. The van der Waals surface area contributed by atoms with Crippen LogP contribution in [0.15, 0.2) is 29.4 Å². The fourth-order valence-corrected chi connectivity index (χ4v) is 1.92. The summed E-state index contributed by atoms with van der Waals surface area (Å²) in [6.45, 7) is 9.73. The van der Waals surface area contributed by atoms with Crippen molar-refractivity contribution in [3.8, 4) is 0 Å². The van der Waals surface area contributed by atoms with Crippen molar-refractivity contribution in [2.75, 3.05) is 13.1 Å². The van der Waals surface area contributed by atoms with E-state index in [1.807, 2.05) is 6.08 Å². The van der Waals surface area contributed by atoms with Crippen LogP contribution in [0.25, 0.3) is 0 Å². The summed E-state index contributed by atoms with van der Waals surface area (Å²) in [6.07, 6.45) is 6.37. The van der Waals surface area contributed by atoms with Gasteiger partial charge in [-0.25, -0.2) is 0 Å². The lowest BCUT2D eigenvalue weighted by molar-refractivity contribution is 0.307. The van der Waals surface area contributed by atoms with Crippen LogP contribution in [0.2, 0.25) is 0 Å². The molecule has 0 radical (unpaired) electrons. The van der Waals surface area contributed by atoms with Crippen LogP contribution in [-0.2, 0) is 13.1 Å². The number of hydrogen-bond donors (Lipinski definition) is 1. The molecule has 1 aliphatic rings. The van der Waals surface area contributed by atoms with Gasteiger partial charge in [0.15, 0.2) is 0 Å². The SMILES string of the molecule is C=CCN(CC)Cc1ccoc1CNC1CC1. The van der Waals surface area contributed by atoms with Crippen LogP contribution < -0.4 is 5.32 Å². The third-order valence-corrected chi connectivity index (χ3v) is 3.19. The minimum absolute atomic E-state index is 0.725. The zero-order valence-electron chi connectivity index (χ0n) is 10.6. The first kappa shape index (κ1) is 12.4. The van der Waals surface area contributed by atoms with E-state index in [1.54, 1.807) is 6.26 Å². The second kappa shape index (κ2) is 6.03. The van der Waals surface area contributed by atoms with Gasteiger partial charge < -0.3 is 9.73 Å². The molecule has 0 saturated heterocycles. The molecule has 1 N–H and O–H groups in total. The maximum atomic E-state index is 5.55. The number of likely N-dealkylation sites (N-methyl/N-ethyl adjacent to an activating group) is 1. The Morgan fingerprint density at radius 1 is 1.59 bits per heavy atom. The molecule has 0 atom stereocenters. The van der Waals surface area contributed by atoms with Crippen molar-refractivity contribution in [2.24, 2.45) is 0 Å². The van der Waals surface area contributed by atoms with E-state index in [-0.39, 0.29) is 0 Å². The zero-order valence-corrected chi connectivity index (χ0v) is 10.6. The van der Waals surface area contributed by atoms with Gasteiger partial charge >= 0.3 is 0 Å². The predicted molar refractivity (Wildman–Crippen MR) is 69.7 cm³/mol. The van der Waals surface area contributed by atoms with E-state index in [4.69, 9.17) is 4.42 Å². The van der Waals surface area contributed by atoms with Crippen molar-refractivity contribution in [1.82, 2.24) is 10.2 Å². The predicted octanol–water partition coefficient (Wildman–Crippen LogP) is 2.54. The summed E-state index contributed by atoms with van der Waals surface area (Å²) >= 11 is 0. The minimum Gasteiger partial charge on any atom is -0.468 e.